The molecule has 2 bridgehead atoms. The fourth-order valence-electron chi connectivity index (χ4n) is 5.06. The summed E-state index contributed by atoms with van der Waals surface area (Å²) < 4.78 is 30.4. The lowest BCUT2D eigenvalue weighted by Gasteiger charge is -2.41. The van der Waals surface area contributed by atoms with Gasteiger partial charge in [0.2, 0.25) is 0 Å². The molecule has 2 aliphatic carbocycles. The van der Waals surface area contributed by atoms with Crippen LogP contribution in [0.2, 0.25) is 0 Å². The summed E-state index contributed by atoms with van der Waals surface area (Å²) in [5, 5.41) is 0. The van der Waals surface area contributed by atoms with E-state index in [0.717, 1.165) is 32.1 Å². The van der Waals surface area contributed by atoms with Crippen molar-refractivity contribution in [3.63, 3.8) is 0 Å². The standard InChI is InChI=1S/C16H30N2O2S/c1-12-7-5-6-10-18(12)21(19,20)17-14-11-13-8-9-16(14,4)15(13,2)3/h12-14,17H,5-11H2,1-4H3/t12-,13-,14-,16-/m1/s1. The van der Waals surface area contributed by atoms with Gasteiger partial charge >= 0.3 is 0 Å². The maximum atomic E-state index is 12.8. The number of fused-ring (bicyclic) bond motifs is 2. The van der Waals surface area contributed by atoms with Crippen molar-refractivity contribution >= 4 is 10.2 Å². The molecule has 4 nitrogen and oxygen atoms in total. The van der Waals surface area contributed by atoms with E-state index in [2.05, 4.69) is 25.5 Å². The summed E-state index contributed by atoms with van der Waals surface area (Å²) in [6.45, 7) is 9.63. The maximum Gasteiger partial charge on any atom is 0.279 e. The zero-order chi connectivity index (χ0) is 15.5. The van der Waals surface area contributed by atoms with Crippen LogP contribution in [0, 0.1) is 16.7 Å². The molecule has 0 radical (unpaired) electrons. The van der Waals surface area contributed by atoms with E-state index in [1.165, 1.54) is 6.42 Å². The first-order valence-electron chi connectivity index (χ1n) is 8.47. The molecule has 1 heterocycles. The van der Waals surface area contributed by atoms with Crippen molar-refractivity contribution in [3.8, 4) is 0 Å². The Hall–Kier alpha value is -0.130. The van der Waals surface area contributed by atoms with Gasteiger partial charge in [-0.3, -0.25) is 0 Å². The second kappa shape index (κ2) is 4.93. The average Bonchev–Trinajstić information content (AvgIpc) is 2.72. The highest BCUT2D eigenvalue weighted by molar-refractivity contribution is 7.87. The van der Waals surface area contributed by atoms with Crippen LogP contribution >= 0.6 is 0 Å². The third-order valence-corrected chi connectivity index (χ3v) is 8.88. The molecule has 0 aromatic heterocycles. The van der Waals surface area contributed by atoms with E-state index in [0.29, 0.717) is 12.5 Å². The molecule has 3 rings (SSSR count). The Morgan fingerprint density at radius 1 is 1.14 bits per heavy atom. The van der Waals surface area contributed by atoms with Gasteiger partial charge in [0.1, 0.15) is 0 Å². The van der Waals surface area contributed by atoms with Gasteiger partial charge in [-0.2, -0.15) is 17.4 Å². The number of nitrogens with zero attached hydrogens (tertiary/aromatic N) is 1. The molecule has 0 amide bonds. The first-order chi connectivity index (χ1) is 9.68. The number of rotatable bonds is 3. The fraction of sp³-hybridized carbons (Fsp3) is 1.00. The molecule has 1 aliphatic heterocycles. The van der Waals surface area contributed by atoms with Crippen LogP contribution < -0.4 is 4.72 Å². The second-order valence-electron chi connectivity index (χ2n) is 8.24. The monoisotopic (exact) mass is 314 g/mol. The molecule has 0 unspecified atom stereocenters. The number of hydrogen-bond acceptors (Lipinski definition) is 2. The topological polar surface area (TPSA) is 49.4 Å². The van der Waals surface area contributed by atoms with Gasteiger partial charge in [0.15, 0.2) is 0 Å². The van der Waals surface area contributed by atoms with Gasteiger partial charge < -0.3 is 0 Å². The molecule has 0 spiro atoms. The molecule has 1 N–H and O–H groups in total. The number of piperidine rings is 1. The van der Waals surface area contributed by atoms with Gasteiger partial charge in [-0.05, 0) is 55.8 Å². The minimum absolute atomic E-state index is 0.101. The summed E-state index contributed by atoms with van der Waals surface area (Å²) in [6.07, 6.45) is 6.52. The second-order valence-corrected chi connectivity index (χ2v) is 9.90. The molecule has 5 heteroatoms. The van der Waals surface area contributed by atoms with Crippen molar-refractivity contribution in [2.45, 2.75) is 78.3 Å². The molecule has 4 atom stereocenters. The normalized spacial score (nSPS) is 43.3. The Morgan fingerprint density at radius 3 is 2.38 bits per heavy atom. The lowest BCUT2D eigenvalue weighted by atomic mass is 9.69. The van der Waals surface area contributed by atoms with Gasteiger partial charge in [-0.25, -0.2) is 0 Å². The van der Waals surface area contributed by atoms with Crippen LogP contribution in [0.3, 0.4) is 0 Å². The summed E-state index contributed by atoms with van der Waals surface area (Å²) in [5.41, 5.74) is 0.345. The quantitative estimate of drug-likeness (QED) is 0.871. The van der Waals surface area contributed by atoms with Crippen LogP contribution in [0.4, 0.5) is 0 Å². The van der Waals surface area contributed by atoms with Crippen LogP contribution in [0.15, 0.2) is 0 Å². The zero-order valence-corrected chi connectivity index (χ0v) is 14.7. The van der Waals surface area contributed by atoms with Crippen LogP contribution in [0.25, 0.3) is 0 Å². The highest BCUT2D eigenvalue weighted by Gasteiger charge is 2.62. The number of nitrogens with one attached hydrogen (secondary N) is 1. The van der Waals surface area contributed by atoms with Crippen LogP contribution in [0.5, 0.6) is 0 Å². The van der Waals surface area contributed by atoms with Gasteiger partial charge in [0.05, 0.1) is 0 Å². The first-order valence-corrected chi connectivity index (χ1v) is 9.91. The van der Waals surface area contributed by atoms with Gasteiger partial charge in [-0.15, -0.1) is 0 Å². The molecule has 21 heavy (non-hydrogen) atoms. The SMILES string of the molecule is C[C@@H]1CCCCN1S(=O)(=O)N[C@@H]1C[C@H]2CC[C@@]1(C)C2(C)C. The van der Waals surface area contributed by atoms with E-state index in [1.807, 2.05) is 6.92 Å². The predicted octanol–water partition coefficient (Wildman–Crippen LogP) is 2.91. The fourth-order valence-corrected chi connectivity index (χ4v) is 6.86. The van der Waals surface area contributed by atoms with Crippen molar-refractivity contribution in [1.29, 1.82) is 0 Å². The molecule has 3 fully saturated rings. The summed E-state index contributed by atoms with van der Waals surface area (Å²) in [7, 11) is -3.34. The smallest absolute Gasteiger partial charge is 0.198 e. The van der Waals surface area contributed by atoms with Crippen LogP contribution in [-0.2, 0) is 10.2 Å². The van der Waals surface area contributed by atoms with Gasteiger partial charge in [-0.1, -0.05) is 27.2 Å². The Balaban J connectivity index is 1.78. The zero-order valence-electron chi connectivity index (χ0n) is 13.9. The van der Waals surface area contributed by atoms with E-state index in [-0.39, 0.29) is 22.9 Å². The van der Waals surface area contributed by atoms with Crippen LogP contribution in [0.1, 0.15) is 66.2 Å². The van der Waals surface area contributed by atoms with Crippen molar-refractivity contribution in [3.05, 3.63) is 0 Å². The van der Waals surface area contributed by atoms with E-state index in [9.17, 15) is 8.42 Å². The van der Waals surface area contributed by atoms with Gasteiger partial charge in [0.25, 0.3) is 10.2 Å². The predicted molar refractivity (Wildman–Crippen MR) is 85.1 cm³/mol. The highest BCUT2D eigenvalue weighted by atomic mass is 32.2. The average molecular weight is 314 g/mol. The molecule has 2 saturated carbocycles. The molecule has 0 aromatic carbocycles. The summed E-state index contributed by atoms with van der Waals surface area (Å²) in [4.78, 5) is 0. The maximum absolute atomic E-state index is 12.8. The first kappa shape index (κ1) is 15.8. The lowest BCUT2D eigenvalue weighted by molar-refractivity contribution is 0.128. The van der Waals surface area contributed by atoms with E-state index in [4.69, 9.17) is 0 Å². The van der Waals surface area contributed by atoms with Crippen molar-refractivity contribution in [1.82, 2.24) is 9.03 Å². The Bertz CT molecular complexity index is 516. The highest BCUT2D eigenvalue weighted by Crippen LogP contribution is 2.65. The summed E-state index contributed by atoms with van der Waals surface area (Å²) >= 11 is 0. The van der Waals surface area contributed by atoms with E-state index < -0.39 is 10.2 Å². The van der Waals surface area contributed by atoms with Crippen molar-refractivity contribution in [2.75, 3.05) is 6.54 Å². The van der Waals surface area contributed by atoms with Crippen molar-refractivity contribution < 1.29 is 8.42 Å². The third-order valence-electron chi connectivity index (χ3n) is 7.14. The Kier molecular flexibility index (Phi) is 3.70. The van der Waals surface area contributed by atoms with Crippen molar-refractivity contribution in [2.24, 2.45) is 16.7 Å². The number of hydrogen-bond donors (Lipinski definition) is 1. The third kappa shape index (κ3) is 2.27. The molecule has 122 valence electrons. The minimum Gasteiger partial charge on any atom is -0.198 e. The van der Waals surface area contributed by atoms with Gasteiger partial charge in [0, 0.05) is 18.6 Å². The Labute approximate surface area is 129 Å². The molecule has 3 aliphatic rings. The summed E-state index contributed by atoms with van der Waals surface area (Å²) in [6, 6.07) is 0.237. The van der Waals surface area contributed by atoms with E-state index in [1.54, 1.807) is 4.31 Å². The minimum atomic E-state index is -3.34. The summed E-state index contributed by atoms with van der Waals surface area (Å²) in [5.74, 6) is 0.661. The molecular formula is C16H30N2O2S. The lowest BCUT2D eigenvalue weighted by Crippen LogP contribution is -2.54. The molecular weight excluding hydrogens is 284 g/mol. The Morgan fingerprint density at radius 2 is 1.86 bits per heavy atom. The molecule has 1 saturated heterocycles. The molecule has 0 aromatic rings. The largest absolute Gasteiger partial charge is 0.279 e. The van der Waals surface area contributed by atoms with E-state index >= 15 is 0 Å². The van der Waals surface area contributed by atoms with Crippen LogP contribution in [-0.4, -0.2) is 31.4 Å².